The van der Waals surface area contributed by atoms with Crippen LogP contribution >= 0.6 is 11.6 Å². The number of benzene rings is 1. The van der Waals surface area contributed by atoms with Crippen LogP contribution in [0.1, 0.15) is 5.82 Å². The molecule has 88 valence electrons. The fourth-order valence-electron chi connectivity index (χ4n) is 1.94. The third-order valence-electron chi connectivity index (χ3n) is 2.80. The van der Waals surface area contributed by atoms with Crippen LogP contribution in [0.2, 0.25) is 5.02 Å². The van der Waals surface area contributed by atoms with E-state index in [1.807, 2.05) is 4.57 Å². The van der Waals surface area contributed by atoms with E-state index in [2.05, 4.69) is 15.5 Å². The van der Waals surface area contributed by atoms with Crippen molar-refractivity contribution in [2.45, 2.75) is 13.1 Å². The highest BCUT2D eigenvalue weighted by molar-refractivity contribution is 6.30. The summed E-state index contributed by atoms with van der Waals surface area (Å²) in [5.41, 5.74) is 0.701. The summed E-state index contributed by atoms with van der Waals surface area (Å²) in [7, 11) is 0. The van der Waals surface area contributed by atoms with Gasteiger partial charge in [0.25, 0.3) is 0 Å². The van der Waals surface area contributed by atoms with Crippen molar-refractivity contribution in [1.29, 1.82) is 0 Å². The number of halogens is 2. The van der Waals surface area contributed by atoms with Crippen molar-refractivity contribution in [2.24, 2.45) is 0 Å². The van der Waals surface area contributed by atoms with Crippen molar-refractivity contribution in [3.8, 4) is 11.4 Å². The Morgan fingerprint density at radius 3 is 3.06 bits per heavy atom. The first kappa shape index (κ1) is 10.7. The van der Waals surface area contributed by atoms with E-state index in [1.165, 1.54) is 12.1 Å². The number of nitrogens with zero attached hydrogens (tertiary/aromatic N) is 3. The van der Waals surface area contributed by atoms with Crippen molar-refractivity contribution in [3.05, 3.63) is 34.9 Å². The quantitative estimate of drug-likeness (QED) is 0.842. The van der Waals surface area contributed by atoms with E-state index in [0.717, 1.165) is 18.9 Å². The van der Waals surface area contributed by atoms with Crippen LogP contribution in [0.25, 0.3) is 11.4 Å². The molecule has 0 spiro atoms. The minimum atomic E-state index is -0.435. The first-order valence-electron chi connectivity index (χ1n) is 5.34. The third-order valence-corrected chi connectivity index (χ3v) is 3.11. The van der Waals surface area contributed by atoms with Gasteiger partial charge in [0.1, 0.15) is 11.6 Å². The predicted octanol–water partition coefficient (Wildman–Crippen LogP) is 1.84. The Labute approximate surface area is 102 Å². The molecule has 0 bridgehead atoms. The number of nitrogens with one attached hydrogen (secondary N) is 1. The molecule has 6 heteroatoms. The lowest BCUT2D eigenvalue weighted by atomic mass is 10.2. The molecular formula is C11H10ClFN4. The molecule has 1 aromatic carbocycles. The number of hydrogen-bond acceptors (Lipinski definition) is 3. The van der Waals surface area contributed by atoms with E-state index in [1.54, 1.807) is 6.07 Å². The van der Waals surface area contributed by atoms with E-state index in [4.69, 9.17) is 11.6 Å². The fraction of sp³-hybridized carbons (Fsp3) is 0.273. The molecule has 4 nitrogen and oxygen atoms in total. The molecule has 1 N–H and O–H groups in total. The van der Waals surface area contributed by atoms with Crippen LogP contribution in [0.3, 0.4) is 0 Å². The van der Waals surface area contributed by atoms with Gasteiger partial charge in [0.15, 0.2) is 5.82 Å². The molecule has 0 atom stereocenters. The summed E-state index contributed by atoms with van der Waals surface area (Å²) in [5, 5.41) is 11.5. The van der Waals surface area contributed by atoms with Crippen LogP contribution in [-0.2, 0) is 13.1 Å². The topological polar surface area (TPSA) is 42.7 Å². The lowest BCUT2D eigenvalue weighted by molar-refractivity contribution is 0.508. The summed E-state index contributed by atoms with van der Waals surface area (Å²) in [5.74, 6) is 1.13. The first-order valence-corrected chi connectivity index (χ1v) is 5.72. The second-order valence-electron chi connectivity index (χ2n) is 3.90. The van der Waals surface area contributed by atoms with Gasteiger partial charge in [-0.05, 0) is 18.2 Å². The largest absolute Gasteiger partial charge is 0.309 e. The van der Waals surface area contributed by atoms with Crippen molar-refractivity contribution in [3.63, 3.8) is 0 Å². The molecule has 0 radical (unpaired) electrons. The molecule has 2 aromatic rings. The van der Waals surface area contributed by atoms with Gasteiger partial charge in [-0.25, -0.2) is 4.39 Å². The van der Waals surface area contributed by atoms with Crippen molar-refractivity contribution in [1.82, 2.24) is 20.1 Å². The lowest BCUT2D eigenvalue weighted by Gasteiger charge is -2.16. The highest BCUT2D eigenvalue weighted by atomic mass is 35.5. The number of aromatic nitrogens is 3. The first-order chi connectivity index (χ1) is 8.25. The van der Waals surface area contributed by atoms with E-state index < -0.39 is 5.82 Å². The van der Waals surface area contributed by atoms with Crippen molar-refractivity contribution in [2.75, 3.05) is 6.54 Å². The third kappa shape index (κ3) is 1.81. The standard InChI is InChI=1S/C11H10ClFN4/c12-8-2-1-7(5-9(8)13)11-16-15-10-6-14-3-4-17(10)11/h1-2,5,14H,3-4,6H2. The van der Waals surface area contributed by atoms with Gasteiger partial charge >= 0.3 is 0 Å². The second-order valence-corrected chi connectivity index (χ2v) is 4.30. The van der Waals surface area contributed by atoms with Crippen LogP contribution < -0.4 is 5.32 Å². The van der Waals surface area contributed by atoms with Crippen LogP contribution in [0.15, 0.2) is 18.2 Å². The molecule has 0 aliphatic carbocycles. The van der Waals surface area contributed by atoms with Crippen molar-refractivity contribution >= 4 is 11.6 Å². The molecular weight excluding hydrogens is 243 g/mol. The second kappa shape index (κ2) is 4.09. The Morgan fingerprint density at radius 2 is 2.24 bits per heavy atom. The van der Waals surface area contributed by atoms with Gasteiger partial charge in [0.05, 0.1) is 11.6 Å². The highest BCUT2D eigenvalue weighted by Gasteiger charge is 2.17. The van der Waals surface area contributed by atoms with Gasteiger partial charge in [0.2, 0.25) is 0 Å². The predicted molar refractivity (Wildman–Crippen MR) is 62.1 cm³/mol. The molecule has 1 aliphatic heterocycles. The van der Waals surface area contributed by atoms with Gasteiger partial charge in [-0.1, -0.05) is 11.6 Å². The summed E-state index contributed by atoms with van der Waals surface area (Å²) in [6.45, 7) is 2.36. The molecule has 0 unspecified atom stereocenters. The molecule has 0 fully saturated rings. The number of rotatable bonds is 1. The van der Waals surface area contributed by atoms with Gasteiger partial charge < -0.3 is 9.88 Å². The Morgan fingerprint density at radius 1 is 1.35 bits per heavy atom. The van der Waals surface area contributed by atoms with Gasteiger partial charge in [-0.2, -0.15) is 0 Å². The van der Waals surface area contributed by atoms with Crippen LogP contribution in [0.5, 0.6) is 0 Å². The SMILES string of the molecule is Fc1cc(-c2nnc3n2CCNC3)ccc1Cl. The average molecular weight is 253 g/mol. The van der Waals surface area contributed by atoms with E-state index in [9.17, 15) is 4.39 Å². The van der Waals surface area contributed by atoms with Crippen molar-refractivity contribution < 1.29 is 4.39 Å². The molecule has 0 saturated carbocycles. The zero-order valence-corrected chi connectivity index (χ0v) is 9.71. The van der Waals surface area contributed by atoms with E-state index >= 15 is 0 Å². The van der Waals surface area contributed by atoms with Crippen LogP contribution in [-0.4, -0.2) is 21.3 Å². The van der Waals surface area contributed by atoms with Gasteiger partial charge in [-0.3, -0.25) is 0 Å². The highest BCUT2D eigenvalue weighted by Crippen LogP contribution is 2.24. The summed E-state index contributed by atoms with van der Waals surface area (Å²) >= 11 is 5.66. The summed E-state index contributed by atoms with van der Waals surface area (Å²) in [6, 6.07) is 4.68. The summed E-state index contributed by atoms with van der Waals surface area (Å²) in [4.78, 5) is 0. The maximum absolute atomic E-state index is 13.4. The normalized spacial score (nSPS) is 14.7. The maximum atomic E-state index is 13.4. The Kier molecular flexibility index (Phi) is 2.57. The summed E-state index contributed by atoms with van der Waals surface area (Å²) in [6.07, 6.45) is 0. The molecule has 3 rings (SSSR count). The van der Waals surface area contributed by atoms with Gasteiger partial charge in [0, 0.05) is 18.7 Å². The molecule has 1 aromatic heterocycles. The molecule has 0 amide bonds. The minimum absolute atomic E-state index is 0.119. The smallest absolute Gasteiger partial charge is 0.164 e. The molecule has 2 heterocycles. The average Bonchev–Trinajstić information content (AvgIpc) is 2.76. The maximum Gasteiger partial charge on any atom is 0.164 e. The van der Waals surface area contributed by atoms with Gasteiger partial charge in [-0.15, -0.1) is 10.2 Å². The Hall–Kier alpha value is -1.46. The monoisotopic (exact) mass is 252 g/mol. The lowest BCUT2D eigenvalue weighted by Crippen LogP contribution is -2.28. The zero-order chi connectivity index (χ0) is 11.8. The minimum Gasteiger partial charge on any atom is -0.309 e. The molecule has 0 saturated heterocycles. The number of fused-ring (bicyclic) bond motifs is 1. The number of hydrogen-bond donors (Lipinski definition) is 1. The fourth-order valence-corrected chi connectivity index (χ4v) is 2.06. The Balaban J connectivity index is 2.09. The zero-order valence-electron chi connectivity index (χ0n) is 8.95. The van der Waals surface area contributed by atoms with Crippen LogP contribution in [0.4, 0.5) is 4.39 Å². The summed E-state index contributed by atoms with van der Waals surface area (Å²) < 4.78 is 15.4. The molecule has 1 aliphatic rings. The van der Waals surface area contributed by atoms with E-state index in [0.29, 0.717) is 17.9 Å². The van der Waals surface area contributed by atoms with E-state index in [-0.39, 0.29) is 5.02 Å². The Bertz CT molecular complexity index is 567. The molecule has 17 heavy (non-hydrogen) atoms. The van der Waals surface area contributed by atoms with Crippen LogP contribution in [0, 0.1) is 5.82 Å².